The van der Waals surface area contributed by atoms with Crippen molar-refractivity contribution < 1.29 is 31.1 Å². The topological polar surface area (TPSA) is 72.5 Å². The van der Waals surface area contributed by atoms with E-state index < -0.39 is 50.4 Å². The molecule has 1 N–H and O–H groups in total. The van der Waals surface area contributed by atoms with Crippen LogP contribution in [0, 0.1) is 17.5 Å². The zero-order chi connectivity index (χ0) is 18.1. The quantitative estimate of drug-likeness (QED) is 0.885. The molecule has 0 aliphatic heterocycles. The highest BCUT2D eigenvalue weighted by Crippen LogP contribution is 2.34. The van der Waals surface area contributed by atoms with Crippen molar-refractivity contribution in [2.45, 2.75) is 0 Å². The number of hydrogen-bond donors (Lipinski definition) is 1. The average molecular weight is 380 g/mol. The van der Waals surface area contributed by atoms with Gasteiger partial charge in [0.05, 0.1) is 16.8 Å². The molecule has 2 rings (SSSR count). The van der Waals surface area contributed by atoms with Crippen molar-refractivity contribution in [3.63, 3.8) is 0 Å². The van der Waals surface area contributed by atoms with E-state index in [2.05, 4.69) is 0 Å². The van der Waals surface area contributed by atoms with E-state index in [-0.39, 0.29) is 5.02 Å². The van der Waals surface area contributed by atoms with E-state index >= 15 is 0 Å². The Bertz CT molecular complexity index is 898. The van der Waals surface area contributed by atoms with E-state index in [4.69, 9.17) is 16.3 Å². The first kappa shape index (κ1) is 18.1. The summed E-state index contributed by atoms with van der Waals surface area (Å²) in [5, 5.41) is -0.172. The van der Waals surface area contributed by atoms with Gasteiger partial charge in [-0.15, -0.1) is 0 Å². The highest BCUT2D eigenvalue weighted by molar-refractivity contribution is 7.89. The highest BCUT2D eigenvalue weighted by atomic mass is 35.5. The predicted molar refractivity (Wildman–Crippen MR) is 80.2 cm³/mol. The van der Waals surface area contributed by atoms with Gasteiger partial charge in [-0.05, 0) is 18.2 Å². The molecule has 1 amide bonds. The monoisotopic (exact) mass is 379 g/mol. The van der Waals surface area contributed by atoms with Crippen molar-refractivity contribution in [3.8, 4) is 11.5 Å². The number of carbonyl (C=O) groups excluding carboxylic acids is 1. The van der Waals surface area contributed by atoms with Crippen LogP contribution in [-0.2, 0) is 10.0 Å². The molecule has 0 saturated heterocycles. The van der Waals surface area contributed by atoms with Crippen LogP contribution in [0.5, 0.6) is 11.5 Å². The SMILES string of the molecule is CS(=O)(=O)NC(=O)c1cc(F)c(Oc2c(F)cccc2Cl)cc1F. The summed E-state index contributed by atoms with van der Waals surface area (Å²) >= 11 is 5.71. The second-order valence-electron chi connectivity index (χ2n) is 4.62. The lowest BCUT2D eigenvalue weighted by Gasteiger charge is -2.11. The van der Waals surface area contributed by atoms with Crippen LogP contribution < -0.4 is 9.46 Å². The van der Waals surface area contributed by atoms with Gasteiger partial charge < -0.3 is 4.74 Å². The molecule has 0 radical (unpaired) electrons. The number of hydrogen-bond acceptors (Lipinski definition) is 4. The molecular formula is C14H9ClF3NO4S. The second kappa shape index (κ2) is 6.70. The van der Waals surface area contributed by atoms with Crippen LogP contribution in [0.3, 0.4) is 0 Å². The normalized spacial score (nSPS) is 11.2. The van der Waals surface area contributed by atoms with E-state index in [0.29, 0.717) is 18.4 Å². The number of ether oxygens (including phenoxy) is 1. The van der Waals surface area contributed by atoms with Gasteiger partial charge in [0.2, 0.25) is 10.0 Å². The van der Waals surface area contributed by atoms with Crippen LogP contribution in [0.4, 0.5) is 13.2 Å². The molecule has 0 spiro atoms. The molecule has 0 atom stereocenters. The third-order valence-corrected chi connectivity index (χ3v) is 3.53. The Balaban J connectivity index is 2.38. The predicted octanol–water partition coefficient (Wildman–Crippen LogP) is 3.24. The van der Waals surface area contributed by atoms with Gasteiger partial charge in [-0.3, -0.25) is 4.79 Å². The number of halogens is 4. The van der Waals surface area contributed by atoms with Gasteiger partial charge in [0.15, 0.2) is 23.1 Å². The lowest BCUT2D eigenvalue weighted by atomic mass is 10.2. The second-order valence-corrected chi connectivity index (χ2v) is 6.77. The fourth-order valence-electron chi connectivity index (χ4n) is 1.69. The van der Waals surface area contributed by atoms with Crippen LogP contribution >= 0.6 is 11.6 Å². The summed E-state index contributed by atoms with van der Waals surface area (Å²) in [5.41, 5.74) is -0.857. The molecule has 0 saturated carbocycles. The Labute approximate surface area is 140 Å². The van der Waals surface area contributed by atoms with E-state index in [1.165, 1.54) is 16.9 Å². The molecule has 10 heteroatoms. The molecule has 5 nitrogen and oxygen atoms in total. The molecule has 0 aromatic heterocycles. The maximum Gasteiger partial charge on any atom is 0.267 e. The van der Waals surface area contributed by atoms with Gasteiger partial charge in [0.1, 0.15) is 5.82 Å². The number of rotatable bonds is 4. The first-order chi connectivity index (χ1) is 11.1. The fourth-order valence-corrected chi connectivity index (χ4v) is 2.34. The van der Waals surface area contributed by atoms with Crippen molar-refractivity contribution in [1.82, 2.24) is 4.72 Å². The number of benzene rings is 2. The molecule has 0 bridgehead atoms. The summed E-state index contributed by atoms with van der Waals surface area (Å²) < 4.78 is 69.9. The van der Waals surface area contributed by atoms with Crippen molar-refractivity contribution in [1.29, 1.82) is 0 Å². The molecule has 2 aromatic carbocycles. The minimum Gasteiger partial charge on any atom is -0.450 e. The van der Waals surface area contributed by atoms with Gasteiger partial charge >= 0.3 is 0 Å². The third-order valence-electron chi connectivity index (χ3n) is 2.68. The Morgan fingerprint density at radius 2 is 1.79 bits per heavy atom. The molecule has 0 aliphatic carbocycles. The summed E-state index contributed by atoms with van der Waals surface area (Å²) in [5.74, 6) is -5.99. The Morgan fingerprint density at radius 3 is 2.38 bits per heavy atom. The third kappa shape index (κ3) is 4.18. The Morgan fingerprint density at radius 1 is 1.12 bits per heavy atom. The van der Waals surface area contributed by atoms with Crippen LogP contribution in [0.2, 0.25) is 5.02 Å². The molecule has 2 aromatic rings. The zero-order valence-electron chi connectivity index (χ0n) is 11.9. The van der Waals surface area contributed by atoms with Crippen molar-refractivity contribution in [2.24, 2.45) is 0 Å². The van der Waals surface area contributed by atoms with Gasteiger partial charge in [-0.2, -0.15) is 0 Å². The van der Waals surface area contributed by atoms with Crippen LogP contribution in [0.25, 0.3) is 0 Å². The number of para-hydroxylation sites is 1. The van der Waals surface area contributed by atoms with Gasteiger partial charge in [-0.1, -0.05) is 17.7 Å². The van der Waals surface area contributed by atoms with E-state index in [1.807, 2.05) is 0 Å². The molecule has 0 unspecified atom stereocenters. The molecule has 0 aliphatic rings. The molecule has 24 heavy (non-hydrogen) atoms. The summed E-state index contributed by atoms with van der Waals surface area (Å²) in [4.78, 5) is 11.6. The van der Waals surface area contributed by atoms with Gasteiger partial charge in [0.25, 0.3) is 5.91 Å². The summed E-state index contributed by atoms with van der Waals surface area (Å²) in [6, 6.07) is 4.49. The number of carbonyl (C=O) groups is 1. The van der Waals surface area contributed by atoms with Crippen molar-refractivity contribution >= 4 is 27.5 Å². The van der Waals surface area contributed by atoms with Crippen molar-refractivity contribution in [2.75, 3.05) is 6.26 Å². The van der Waals surface area contributed by atoms with Crippen LogP contribution in [-0.4, -0.2) is 20.6 Å². The van der Waals surface area contributed by atoms with Gasteiger partial charge in [-0.25, -0.2) is 26.3 Å². The van der Waals surface area contributed by atoms with Crippen LogP contribution in [0.15, 0.2) is 30.3 Å². The average Bonchev–Trinajstić information content (AvgIpc) is 2.44. The summed E-state index contributed by atoms with van der Waals surface area (Å²) in [7, 11) is -3.96. The maximum atomic E-state index is 14.0. The minimum absolute atomic E-state index is 0.172. The Hall–Kier alpha value is -2.26. The maximum absolute atomic E-state index is 14.0. The van der Waals surface area contributed by atoms with E-state index in [1.54, 1.807) is 0 Å². The summed E-state index contributed by atoms with van der Waals surface area (Å²) in [6.45, 7) is 0. The number of amides is 1. The lowest BCUT2D eigenvalue weighted by Crippen LogP contribution is -2.30. The molecule has 0 heterocycles. The fraction of sp³-hybridized carbons (Fsp3) is 0.0714. The standard InChI is InChI=1S/C14H9ClF3NO4S/c1-24(21,22)19-14(20)7-5-11(18)12(6-10(7)17)23-13-8(15)3-2-4-9(13)16/h2-6H,1H3,(H,19,20). The van der Waals surface area contributed by atoms with Crippen LogP contribution in [0.1, 0.15) is 10.4 Å². The smallest absolute Gasteiger partial charge is 0.267 e. The van der Waals surface area contributed by atoms with E-state index in [0.717, 1.165) is 6.07 Å². The molecule has 0 fully saturated rings. The first-order valence-corrected chi connectivity index (χ1v) is 8.48. The Kier molecular flexibility index (Phi) is 5.05. The van der Waals surface area contributed by atoms with Crippen molar-refractivity contribution in [3.05, 3.63) is 58.4 Å². The number of sulfonamides is 1. The first-order valence-electron chi connectivity index (χ1n) is 6.21. The molecular weight excluding hydrogens is 371 g/mol. The minimum atomic E-state index is -3.96. The molecule has 128 valence electrons. The summed E-state index contributed by atoms with van der Waals surface area (Å²) in [6.07, 6.45) is 0.677. The lowest BCUT2D eigenvalue weighted by molar-refractivity contribution is 0.0977. The van der Waals surface area contributed by atoms with Gasteiger partial charge in [0, 0.05) is 6.07 Å². The number of nitrogens with one attached hydrogen (secondary N) is 1. The zero-order valence-corrected chi connectivity index (χ0v) is 13.5. The largest absolute Gasteiger partial charge is 0.450 e. The highest BCUT2D eigenvalue weighted by Gasteiger charge is 2.21. The van der Waals surface area contributed by atoms with E-state index in [9.17, 15) is 26.4 Å².